The van der Waals surface area contributed by atoms with Crippen LogP contribution in [-0.4, -0.2) is 98.9 Å². The molecule has 1 amide bonds. The van der Waals surface area contributed by atoms with Gasteiger partial charge in [-0.3, -0.25) is 4.79 Å². The Kier molecular flexibility index (Phi) is 16.1. The number of piperidine rings is 1. The minimum Gasteiger partial charge on any atom is -0.478 e. The molecule has 4 N–H and O–H groups in total. The maximum absolute atomic E-state index is 12.5. The summed E-state index contributed by atoms with van der Waals surface area (Å²) in [5.41, 5.74) is 4.11. The third-order valence-corrected chi connectivity index (χ3v) is 15.8. The number of fused-ring (bicyclic) bond motifs is 7. The third kappa shape index (κ3) is 9.04. The number of carbonyl (C=O) groups is 2. The van der Waals surface area contributed by atoms with Crippen molar-refractivity contribution in [2.75, 3.05) is 61.5 Å². The average molecular weight is 777 g/mol. The highest BCUT2D eigenvalue weighted by Crippen LogP contribution is 2.72. The lowest BCUT2D eigenvalue weighted by Crippen LogP contribution is -2.63. The topological polar surface area (TPSA) is 105 Å². The fourth-order valence-electron chi connectivity index (χ4n) is 13.6. The van der Waals surface area contributed by atoms with Crippen LogP contribution in [0.4, 0.5) is 0 Å². The summed E-state index contributed by atoms with van der Waals surface area (Å²) in [6, 6.07) is 7.64. The Morgan fingerprint density at radius 2 is 1.50 bits per heavy atom. The monoisotopic (exact) mass is 777 g/mol. The summed E-state index contributed by atoms with van der Waals surface area (Å²) in [7, 11) is 8.53. The van der Waals surface area contributed by atoms with E-state index in [1.165, 1.54) is 68.9 Å². The van der Waals surface area contributed by atoms with Crippen molar-refractivity contribution in [3.8, 4) is 0 Å². The number of aromatic carboxylic acids is 1. The molecule has 7 rings (SSSR count). The van der Waals surface area contributed by atoms with Crippen molar-refractivity contribution < 1.29 is 19.8 Å². The predicted octanol–water partition coefficient (Wildman–Crippen LogP) is 8.62. The summed E-state index contributed by atoms with van der Waals surface area (Å²) in [6.07, 6.45) is 19.8. The highest BCUT2D eigenvalue weighted by Gasteiger charge is 2.65. The zero-order valence-electron chi connectivity index (χ0n) is 37.1. The van der Waals surface area contributed by atoms with Gasteiger partial charge < -0.3 is 30.6 Å². The van der Waals surface area contributed by atoms with E-state index in [2.05, 4.69) is 55.9 Å². The normalized spacial score (nSPS) is 34.4. The predicted molar refractivity (Wildman–Crippen MR) is 233 cm³/mol. The van der Waals surface area contributed by atoms with Gasteiger partial charge in [0.05, 0.1) is 5.56 Å². The Balaban J connectivity index is 0.000000808. The number of benzene rings is 1. The summed E-state index contributed by atoms with van der Waals surface area (Å²) in [5.74, 6) is 3.60. The van der Waals surface area contributed by atoms with Crippen LogP contribution >= 0.6 is 0 Å². The maximum Gasteiger partial charge on any atom is 0.335 e. The third-order valence-electron chi connectivity index (χ3n) is 15.8. The van der Waals surface area contributed by atoms with Crippen molar-refractivity contribution in [2.24, 2.45) is 51.8 Å². The van der Waals surface area contributed by atoms with E-state index in [1.54, 1.807) is 23.1 Å². The summed E-state index contributed by atoms with van der Waals surface area (Å²) in [5, 5.41) is 23.5. The molecule has 4 saturated carbocycles. The molecule has 1 saturated heterocycles. The molecule has 8 nitrogen and oxygen atoms in total. The number of carboxylic acid groups (broad SMARTS) is 1. The van der Waals surface area contributed by atoms with Crippen molar-refractivity contribution in [2.45, 2.75) is 117 Å². The zero-order chi connectivity index (χ0) is 41.5. The lowest BCUT2D eigenvalue weighted by molar-refractivity contribution is -0.172. The van der Waals surface area contributed by atoms with Crippen LogP contribution < -0.4 is 10.6 Å². The number of nitrogens with zero attached hydrogens (tertiary/aromatic N) is 2. The molecule has 1 aromatic rings. The number of aliphatic hydroxyl groups excluding tert-OH is 1. The van der Waals surface area contributed by atoms with Gasteiger partial charge in [0.2, 0.25) is 5.91 Å². The molecule has 0 radical (unpaired) electrons. The van der Waals surface area contributed by atoms with Crippen LogP contribution in [0.25, 0.3) is 5.57 Å². The molecule has 0 aromatic heterocycles. The van der Waals surface area contributed by atoms with E-state index in [-0.39, 0.29) is 11.3 Å². The van der Waals surface area contributed by atoms with Gasteiger partial charge >= 0.3 is 5.97 Å². The summed E-state index contributed by atoms with van der Waals surface area (Å²) >= 11 is 0. The minimum atomic E-state index is -0.854. The van der Waals surface area contributed by atoms with E-state index in [0.29, 0.717) is 33.8 Å². The van der Waals surface area contributed by atoms with Crippen molar-refractivity contribution in [1.82, 2.24) is 20.4 Å². The standard InChI is InChI=1S/C42H63N3O3.C3H6.C2H7N.CH4O/c1-39(2)32(28-9-11-30(12-10-28)38(47)48)15-21-41(4)35(39)17-22-40(3)33-16-23-42(20-7-8-34(42)31(33)13-14-36(40)41)43-24-27-45-25-18-29(19-26-45)37(46)44(5)6;2*1-3-2;1-2/h9-12,15,29,31,33-36,43H,7-8,13-14,16-27H2,1-6H3,(H,47,48);3H,1H2,2H3;3H,1-2H3;2H,1H3. The number of carbonyl (C=O) groups excluding carboxylic acids is 1. The number of nitrogens with one attached hydrogen (secondary N) is 2. The fourth-order valence-corrected chi connectivity index (χ4v) is 13.6. The van der Waals surface area contributed by atoms with Gasteiger partial charge in [-0.25, -0.2) is 4.79 Å². The van der Waals surface area contributed by atoms with E-state index in [0.717, 1.165) is 76.2 Å². The molecule has 1 heterocycles. The Bertz CT molecular complexity index is 1480. The Hall–Kier alpha value is -2.52. The van der Waals surface area contributed by atoms with Gasteiger partial charge in [0.15, 0.2) is 0 Å². The number of hydrogen-bond donors (Lipinski definition) is 4. The summed E-state index contributed by atoms with van der Waals surface area (Å²) in [6.45, 7) is 19.9. The molecule has 8 atom stereocenters. The molecule has 1 aliphatic heterocycles. The number of amides is 1. The second kappa shape index (κ2) is 19.5. The van der Waals surface area contributed by atoms with E-state index < -0.39 is 5.97 Å². The molecule has 5 fully saturated rings. The first-order valence-corrected chi connectivity index (χ1v) is 22.0. The van der Waals surface area contributed by atoms with Crippen LogP contribution in [0.5, 0.6) is 0 Å². The van der Waals surface area contributed by atoms with Gasteiger partial charge in [-0.2, -0.15) is 0 Å². The van der Waals surface area contributed by atoms with E-state index in [9.17, 15) is 14.7 Å². The number of allylic oxidation sites excluding steroid dienone is 3. The maximum atomic E-state index is 12.5. The molecule has 5 aliphatic carbocycles. The number of likely N-dealkylation sites (tertiary alicyclic amines) is 1. The SMILES string of the molecule is C=CC.CN(C)C(=O)C1CCN(CCNC23CCCC2C2CCC4C(C)(CCC5C(C)(C)C(c6ccc(C(=O)O)cc6)=CCC54C)C2CC3)CC1.CNC.CO. The smallest absolute Gasteiger partial charge is 0.335 e. The van der Waals surface area contributed by atoms with Gasteiger partial charge in [-0.1, -0.05) is 58.4 Å². The first-order chi connectivity index (χ1) is 26.6. The summed E-state index contributed by atoms with van der Waals surface area (Å²) in [4.78, 5) is 28.3. The van der Waals surface area contributed by atoms with Gasteiger partial charge in [0.25, 0.3) is 0 Å². The summed E-state index contributed by atoms with van der Waals surface area (Å²) < 4.78 is 0. The lowest BCUT2D eigenvalue weighted by atomic mass is 9.37. The van der Waals surface area contributed by atoms with Crippen LogP contribution in [0, 0.1) is 51.8 Å². The number of hydrogen-bond acceptors (Lipinski definition) is 6. The van der Waals surface area contributed by atoms with Crippen molar-refractivity contribution in [3.05, 3.63) is 54.1 Å². The number of rotatable bonds is 7. The molecule has 316 valence electrons. The van der Waals surface area contributed by atoms with E-state index >= 15 is 0 Å². The van der Waals surface area contributed by atoms with Crippen LogP contribution in [0.3, 0.4) is 0 Å². The van der Waals surface area contributed by atoms with Gasteiger partial charge in [-0.05, 0) is 174 Å². The average Bonchev–Trinajstić information content (AvgIpc) is 3.60. The van der Waals surface area contributed by atoms with E-state index in [4.69, 9.17) is 5.11 Å². The van der Waals surface area contributed by atoms with Crippen LogP contribution in [0.2, 0.25) is 0 Å². The molecular formula is C48H80N4O4. The fraction of sp³-hybridized carbons (Fsp3) is 0.750. The molecule has 8 heteroatoms. The van der Waals surface area contributed by atoms with Crippen LogP contribution in [-0.2, 0) is 4.79 Å². The quantitative estimate of drug-likeness (QED) is 0.206. The molecule has 1 aromatic carbocycles. The van der Waals surface area contributed by atoms with Crippen molar-refractivity contribution in [1.29, 1.82) is 0 Å². The highest BCUT2D eigenvalue weighted by molar-refractivity contribution is 5.88. The largest absolute Gasteiger partial charge is 0.478 e. The van der Waals surface area contributed by atoms with Crippen molar-refractivity contribution in [3.63, 3.8) is 0 Å². The van der Waals surface area contributed by atoms with Gasteiger partial charge in [0.1, 0.15) is 0 Å². The molecular weight excluding hydrogens is 697 g/mol. The highest BCUT2D eigenvalue weighted by atomic mass is 16.4. The molecule has 0 bridgehead atoms. The minimum absolute atomic E-state index is 0.0597. The van der Waals surface area contributed by atoms with Crippen LogP contribution in [0.1, 0.15) is 128 Å². The number of aliphatic hydroxyl groups is 1. The van der Waals surface area contributed by atoms with Crippen LogP contribution in [0.15, 0.2) is 43.0 Å². The first-order valence-electron chi connectivity index (χ1n) is 22.0. The Morgan fingerprint density at radius 3 is 2.09 bits per heavy atom. The number of carboxylic acids is 1. The first kappa shape index (κ1) is 46.2. The molecule has 6 aliphatic rings. The Morgan fingerprint density at radius 1 is 0.875 bits per heavy atom. The molecule has 56 heavy (non-hydrogen) atoms. The second-order valence-corrected chi connectivity index (χ2v) is 19.3. The zero-order valence-corrected chi connectivity index (χ0v) is 37.1. The molecule has 8 unspecified atom stereocenters. The van der Waals surface area contributed by atoms with Crippen molar-refractivity contribution >= 4 is 17.4 Å². The van der Waals surface area contributed by atoms with E-state index in [1.807, 2.05) is 47.2 Å². The lowest BCUT2D eigenvalue weighted by Gasteiger charge is -2.68. The van der Waals surface area contributed by atoms with Gasteiger partial charge in [-0.15, -0.1) is 6.58 Å². The Labute approximate surface area is 341 Å². The molecule has 0 spiro atoms. The van der Waals surface area contributed by atoms with Gasteiger partial charge in [0, 0.05) is 45.8 Å². The second-order valence-electron chi connectivity index (χ2n) is 19.3.